The second-order valence-corrected chi connectivity index (χ2v) is 4.42. The van der Waals surface area contributed by atoms with E-state index in [1.54, 1.807) is 6.92 Å². The minimum absolute atomic E-state index is 0.0454. The molecule has 0 N–H and O–H groups in total. The topological polar surface area (TPSA) is 46.3 Å². The zero-order chi connectivity index (χ0) is 9.97. The van der Waals surface area contributed by atoms with Gasteiger partial charge in [0.25, 0.3) is 5.91 Å². The molecule has 14 heavy (non-hydrogen) atoms. The van der Waals surface area contributed by atoms with E-state index in [0.717, 1.165) is 24.6 Å². The highest BCUT2D eigenvalue weighted by Gasteiger charge is 2.21. The Morgan fingerprint density at radius 3 is 2.86 bits per heavy atom. The standard InChI is InChI=1S/C9H12N2O2S/c1-7-8(6-10-13-7)9(12)11-2-4-14-5-3-11/h6H,2-5H2,1H3. The van der Waals surface area contributed by atoms with Crippen LogP contribution in [0.1, 0.15) is 16.1 Å². The Hall–Kier alpha value is -0.970. The van der Waals surface area contributed by atoms with Gasteiger partial charge in [0.15, 0.2) is 0 Å². The van der Waals surface area contributed by atoms with Crippen LogP contribution in [0.2, 0.25) is 0 Å². The van der Waals surface area contributed by atoms with Crippen LogP contribution in [0.5, 0.6) is 0 Å². The molecular formula is C9H12N2O2S. The molecule has 2 heterocycles. The monoisotopic (exact) mass is 212 g/mol. The van der Waals surface area contributed by atoms with E-state index in [9.17, 15) is 4.79 Å². The summed E-state index contributed by atoms with van der Waals surface area (Å²) < 4.78 is 4.87. The van der Waals surface area contributed by atoms with Gasteiger partial charge < -0.3 is 9.42 Å². The number of hydrogen-bond acceptors (Lipinski definition) is 4. The zero-order valence-electron chi connectivity index (χ0n) is 8.02. The molecule has 0 bridgehead atoms. The number of hydrogen-bond donors (Lipinski definition) is 0. The molecule has 4 nitrogen and oxygen atoms in total. The van der Waals surface area contributed by atoms with E-state index in [1.807, 2.05) is 16.7 Å². The summed E-state index contributed by atoms with van der Waals surface area (Å²) >= 11 is 1.88. The highest BCUT2D eigenvalue weighted by molar-refractivity contribution is 7.99. The molecule has 76 valence electrons. The molecule has 0 atom stereocenters. The van der Waals surface area contributed by atoms with Crippen molar-refractivity contribution in [2.24, 2.45) is 0 Å². The van der Waals surface area contributed by atoms with Gasteiger partial charge in [-0.25, -0.2) is 0 Å². The lowest BCUT2D eigenvalue weighted by molar-refractivity contribution is 0.0770. The molecule has 1 aliphatic rings. The maximum atomic E-state index is 11.9. The lowest BCUT2D eigenvalue weighted by Gasteiger charge is -2.25. The number of thioether (sulfide) groups is 1. The second kappa shape index (κ2) is 4.04. The van der Waals surface area contributed by atoms with Gasteiger partial charge in [0.1, 0.15) is 11.3 Å². The molecule has 1 aliphatic heterocycles. The van der Waals surface area contributed by atoms with Gasteiger partial charge in [-0.1, -0.05) is 5.16 Å². The van der Waals surface area contributed by atoms with E-state index >= 15 is 0 Å². The first kappa shape index (κ1) is 9.58. The lowest BCUT2D eigenvalue weighted by atomic mass is 10.2. The van der Waals surface area contributed by atoms with Crippen molar-refractivity contribution in [2.75, 3.05) is 24.6 Å². The van der Waals surface area contributed by atoms with Crippen molar-refractivity contribution in [3.63, 3.8) is 0 Å². The summed E-state index contributed by atoms with van der Waals surface area (Å²) in [5.41, 5.74) is 0.594. The second-order valence-electron chi connectivity index (χ2n) is 3.20. The van der Waals surface area contributed by atoms with Gasteiger partial charge in [-0.05, 0) is 6.92 Å². The molecule has 0 radical (unpaired) electrons. The normalized spacial score (nSPS) is 17.1. The minimum atomic E-state index is 0.0454. The smallest absolute Gasteiger partial charge is 0.259 e. The SMILES string of the molecule is Cc1oncc1C(=O)N1CCSCC1. The van der Waals surface area contributed by atoms with E-state index in [1.165, 1.54) is 6.20 Å². The molecule has 0 saturated carbocycles. The van der Waals surface area contributed by atoms with Crippen molar-refractivity contribution in [1.82, 2.24) is 10.1 Å². The molecular weight excluding hydrogens is 200 g/mol. The van der Waals surface area contributed by atoms with Gasteiger partial charge in [0.05, 0.1) is 6.20 Å². The summed E-state index contributed by atoms with van der Waals surface area (Å²) in [5, 5.41) is 3.61. The number of carbonyl (C=O) groups excluding carboxylic acids is 1. The van der Waals surface area contributed by atoms with Crippen molar-refractivity contribution < 1.29 is 9.32 Å². The maximum absolute atomic E-state index is 11.9. The Bertz CT molecular complexity index is 331. The molecule has 1 saturated heterocycles. The Kier molecular flexibility index (Phi) is 2.77. The largest absolute Gasteiger partial charge is 0.361 e. The van der Waals surface area contributed by atoms with Crippen molar-refractivity contribution in [2.45, 2.75) is 6.92 Å². The number of rotatable bonds is 1. The van der Waals surface area contributed by atoms with E-state index in [2.05, 4.69) is 5.16 Å². The number of nitrogens with zero attached hydrogens (tertiary/aromatic N) is 2. The molecule has 1 aromatic rings. The number of aryl methyl sites for hydroxylation is 1. The summed E-state index contributed by atoms with van der Waals surface area (Å²) in [7, 11) is 0. The summed E-state index contributed by atoms with van der Waals surface area (Å²) in [4.78, 5) is 13.8. The highest BCUT2D eigenvalue weighted by atomic mass is 32.2. The lowest BCUT2D eigenvalue weighted by Crippen LogP contribution is -2.37. The highest BCUT2D eigenvalue weighted by Crippen LogP contribution is 2.14. The quantitative estimate of drug-likeness (QED) is 0.701. The van der Waals surface area contributed by atoms with Gasteiger partial charge in [-0.3, -0.25) is 4.79 Å². The van der Waals surface area contributed by atoms with Crippen LogP contribution in [0.25, 0.3) is 0 Å². The Balaban J connectivity index is 2.11. The van der Waals surface area contributed by atoms with Crippen molar-refractivity contribution in [3.05, 3.63) is 17.5 Å². The molecule has 0 aromatic carbocycles. The molecule has 0 spiro atoms. The van der Waals surface area contributed by atoms with Crippen LogP contribution in [0, 0.1) is 6.92 Å². The molecule has 5 heteroatoms. The molecule has 1 amide bonds. The summed E-state index contributed by atoms with van der Waals surface area (Å²) in [6.45, 7) is 3.42. The van der Waals surface area contributed by atoms with E-state index in [-0.39, 0.29) is 5.91 Å². The number of amides is 1. The van der Waals surface area contributed by atoms with Crippen LogP contribution >= 0.6 is 11.8 Å². The average Bonchev–Trinajstić information content (AvgIpc) is 2.65. The summed E-state index contributed by atoms with van der Waals surface area (Å²) in [6, 6.07) is 0. The van der Waals surface area contributed by atoms with Crippen LogP contribution in [0.15, 0.2) is 10.7 Å². The van der Waals surface area contributed by atoms with Crippen LogP contribution in [-0.2, 0) is 0 Å². The first-order valence-electron chi connectivity index (χ1n) is 4.57. The molecule has 1 aromatic heterocycles. The summed E-state index contributed by atoms with van der Waals surface area (Å²) in [6.07, 6.45) is 1.50. The van der Waals surface area contributed by atoms with Crippen molar-refractivity contribution in [1.29, 1.82) is 0 Å². The number of aromatic nitrogens is 1. The van der Waals surface area contributed by atoms with Gasteiger partial charge in [-0.15, -0.1) is 0 Å². The van der Waals surface area contributed by atoms with Crippen molar-refractivity contribution in [3.8, 4) is 0 Å². The van der Waals surface area contributed by atoms with E-state index in [0.29, 0.717) is 11.3 Å². The van der Waals surface area contributed by atoms with Gasteiger partial charge >= 0.3 is 0 Å². The maximum Gasteiger partial charge on any atom is 0.259 e. The van der Waals surface area contributed by atoms with Crippen LogP contribution in [0.3, 0.4) is 0 Å². The number of carbonyl (C=O) groups is 1. The Morgan fingerprint density at radius 1 is 1.57 bits per heavy atom. The van der Waals surface area contributed by atoms with Gasteiger partial charge in [-0.2, -0.15) is 11.8 Å². The molecule has 1 fully saturated rings. The average molecular weight is 212 g/mol. The van der Waals surface area contributed by atoms with Crippen LogP contribution in [-0.4, -0.2) is 40.6 Å². The summed E-state index contributed by atoms with van der Waals surface area (Å²) in [5.74, 6) is 2.70. The third-order valence-electron chi connectivity index (χ3n) is 2.28. The zero-order valence-corrected chi connectivity index (χ0v) is 8.84. The fraction of sp³-hybridized carbons (Fsp3) is 0.556. The molecule has 0 unspecified atom stereocenters. The van der Waals surface area contributed by atoms with Crippen LogP contribution < -0.4 is 0 Å². The Labute approximate surface area is 86.6 Å². The third kappa shape index (κ3) is 1.77. The van der Waals surface area contributed by atoms with Gasteiger partial charge in [0, 0.05) is 24.6 Å². The fourth-order valence-electron chi connectivity index (χ4n) is 1.44. The minimum Gasteiger partial charge on any atom is -0.361 e. The predicted molar refractivity (Wildman–Crippen MR) is 54.5 cm³/mol. The van der Waals surface area contributed by atoms with Crippen LogP contribution in [0.4, 0.5) is 0 Å². The first-order chi connectivity index (χ1) is 6.79. The van der Waals surface area contributed by atoms with E-state index in [4.69, 9.17) is 4.52 Å². The third-order valence-corrected chi connectivity index (χ3v) is 3.22. The molecule has 0 aliphatic carbocycles. The predicted octanol–water partition coefficient (Wildman–Crippen LogP) is 1.17. The Morgan fingerprint density at radius 2 is 2.29 bits per heavy atom. The fourth-order valence-corrected chi connectivity index (χ4v) is 2.34. The first-order valence-corrected chi connectivity index (χ1v) is 5.73. The van der Waals surface area contributed by atoms with Crippen molar-refractivity contribution >= 4 is 17.7 Å². The van der Waals surface area contributed by atoms with E-state index < -0.39 is 0 Å². The molecule has 2 rings (SSSR count). The van der Waals surface area contributed by atoms with Gasteiger partial charge in [0.2, 0.25) is 0 Å².